The number of rotatable bonds is 5. The normalized spacial score (nSPS) is 12.1. The Labute approximate surface area is 111 Å². The van der Waals surface area contributed by atoms with Crippen LogP contribution in [0.5, 0.6) is 0 Å². The molecule has 0 saturated heterocycles. The highest BCUT2D eigenvalue weighted by molar-refractivity contribution is 5.92. The van der Waals surface area contributed by atoms with E-state index in [2.05, 4.69) is 15.6 Å². The summed E-state index contributed by atoms with van der Waals surface area (Å²) in [7, 11) is 0. The van der Waals surface area contributed by atoms with Crippen LogP contribution in [0.1, 0.15) is 23.8 Å². The fourth-order valence-corrected chi connectivity index (χ4v) is 1.61. The van der Waals surface area contributed by atoms with Gasteiger partial charge < -0.3 is 10.4 Å². The van der Waals surface area contributed by atoms with Crippen molar-refractivity contribution in [2.45, 2.75) is 19.4 Å². The molecule has 2 aromatic rings. The van der Waals surface area contributed by atoms with E-state index in [0.29, 0.717) is 6.42 Å². The summed E-state index contributed by atoms with van der Waals surface area (Å²) >= 11 is 0. The lowest BCUT2D eigenvalue weighted by molar-refractivity contribution is 0.0910. The summed E-state index contributed by atoms with van der Waals surface area (Å²) in [6.07, 6.45) is 2.23. The Bertz CT molecular complexity index is 535. The minimum atomic E-state index is -0.330. The zero-order chi connectivity index (χ0) is 13.7. The van der Waals surface area contributed by atoms with Crippen LogP contribution in [-0.2, 0) is 0 Å². The molecule has 0 bridgehead atoms. The second-order valence-corrected chi connectivity index (χ2v) is 4.15. The number of amides is 1. The van der Waals surface area contributed by atoms with Crippen LogP contribution in [0.4, 0.5) is 0 Å². The number of nitrogens with zero attached hydrogens (tertiary/aromatic N) is 3. The molecule has 0 aliphatic carbocycles. The van der Waals surface area contributed by atoms with E-state index in [9.17, 15) is 4.79 Å². The van der Waals surface area contributed by atoms with Crippen LogP contribution >= 0.6 is 0 Å². The van der Waals surface area contributed by atoms with Gasteiger partial charge in [0.05, 0.1) is 24.5 Å². The van der Waals surface area contributed by atoms with E-state index in [-0.39, 0.29) is 24.2 Å². The van der Waals surface area contributed by atoms with Gasteiger partial charge in [-0.15, -0.1) is 5.10 Å². The Hall–Kier alpha value is -2.21. The maximum Gasteiger partial charge on any atom is 0.273 e. The molecule has 1 aromatic carbocycles. The molecule has 1 atom stereocenters. The number of aliphatic hydroxyl groups is 1. The smallest absolute Gasteiger partial charge is 0.273 e. The molecule has 0 radical (unpaired) electrons. The van der Waals surface area contributed by atoms with Gasteiger partial charge in [-0.25, -0.2) is 4.68 Å². The van der Waals surface area contributed by atoms with E-state index in [0.717, 1.165) is 5.69 Å². The van der Waals surface area contributed by atoms with Crippen LogP contribution in [-0.4, -0.2) is 38.7 Å². The Kier molecular flexibility index (Phi) is 4.25. The Morgan fingerprint density at radius 1 is 1.42 bits per heavy atom. The largest absolute Gasteiger partial charge is 0.394 e. The second-order valence-electron chi connectivity index (χ2n) is 4.15. The molecule has 0 saturated carbocycles. The standard InChI is InChI=1S/C13H16N4O2/c1-2-10(9-18)14-13(19)12-8-17(16-15-12)11-6-4-3-5-7-11/h3-8,10,18H,2,9H2,1H3,(H,14,19)/t10-/m1/s1. The number of carbonyl (C=O) groups is 1. The monoisotopic (exact) mass is 260 g/mol. The number of aromatic nitrogens is 3. The van der Waals surface area contributed by atoms with Crippen molar-refractivity contribution in [2.24, 2.45) is 0 Å². The number of nitrogens with one attached hydrogen (secondary N) is 1. The van der Waals surface area contributed by atoms with Gasteiger partial charge in [-0.3, -0.25) is 4.79 Å². The summed E-state index contributed by atoms with van der Waals surface area (Å²) in [6, 6.07) is 9.17. The fourth-order valence-electron chi connectivity index (χ4n) is 1.61. The van der Waals surface area contributed by atoms with E-state index in [1.165, 1.54) is 4.68 Å². The maximum absolute atomic E-state index is 11.9. The maximum atomic E-state index is 11.9. The Morgan fingerprint density at radius 3 is 2.79 bits per heavy atom. The molecular weight excluding hydrogens is 244 g/mol. The van der Waals surface area contributed by atoms with Gasteiger partial charge in [0, 0.05) is 0 Å². The lowest BCUT2D eigenvalue weighted by Crippen LogP contribution is -2.37. The molecule has 0 aliphatic heterocycles. The van der Waals surface area contributed by atoms with Crippen LogP contribution in [0, 0.1) is 0 Å². The molecule has 19 heavy (non-hydrogen) atoms. The topological polar surface area (TPSA) is 80.0 Å². The molecule has 2 rings (SSSR count). The molecule has 100 valence electrons. The van der Waals surface area contributed by atoms with Gasteiger partial charge in [0.25, 0.3) is 5.91 Å². The molecule has 0 fully saturated rings. The van der Waals surface area contributed by atoms with Crippen molar-refractivity contribution in [1.82, 2.24) is 20.3 Å². The first-order valence-corrected chi connectivity index (χ1v) is 6.14. The third-order valence-corrected chi connectivity index (χ3v) is 2.80. The molecule has 6 nitrogen and oxygen atoms in total. The SMILES string of the molecule is CC[C@H](CO)NC(=O)c1cn(-c2ccccc2)nn1. The van der Waals surface area contributed by atoms with Crippen LogP contribution < -0.4 is 5.32 Å². The van der Waals surface area contributed by atoms with Gasteiger partial charge in [0.1, 0.15) is 0 Å². The molecular formula is C13H16N4O2. The van der Waals surface area contributed by atoms with Crippen molar-refractivity contribution in [3.8, 4) is 5.69 Å². The summed E-state index contributed by atoms with van der Waals surface area (Å²) in [5.74, 6) is -0.330. The van der Waals surface area contributed by atoms with Crippen molar-refractivity contribution >= 4 is 5.91 Å². The summed E-state index contributed by atoms with van der Waals surface area (Å²) in [6.45, 7) is 1.80. The quantitative estimate of drug-likeness (QED) is 0.832. The molecule has 1 amide bonds. The van der Waals surface area contributed by atoms with Gasteiger partial charge in [0.15, 0.2) is 5.69 Å². The molecule has 6 heteroatoms. The van der Waals surface area contributed by atoms with E-state index in [1.54, 1.807) is 6.20 Å². The van der Waals surface area contributed by atoms with E-state index < -0.39 is 0 Å². The van der Waals surface area contributed by atoms with Gasteiger partial charge in [-0.1, -0.05) is 30.3 Å². The summed E-state index contributed by atoms with van der Waals surface area (Å²) in [5, 5.41) is 19.5. The Morgan fingerprint density at radius 2 is 2.16 bits per heavy atom. The number of aliphatic hydroxyl groups excluding tert-OH is 1. The molecule has 0 spiro atoms. The predicted molar refractivity (Wildman–Crippen MR) is 70.0 cm³/mol. The fraction of sp³-hybridized carbons (Fsp3) is 0.308. The number of carbonyl (C=O) groups excluding carboxylic acids is 1. The van der Waals surface area contributed by atoms with Crippen molar-refractivity contribution < 1.29 is 9.90 Å². The summed E-state index contributed by atoms with van der Waals surface area (Å²) in [4.78, 5) is 11.9. The average Bonchev–Trinajstić information content (AvgIpc) is 2.95. The molecule has 1 aromatic heterocycles. The number of para-hydroxylation sites is 1. The molecule has 1 heterocycles. The zero-order valence-electron chi connectivity index (χ0n) is 10.7. The van der Waals surface area contributed by atoms with E-state index >= 15 is 0 Å². The van der Waals surface area contributed by atoms with Gasteiger partial charge in [-0.05, 0) is 18.6 Å². The van der Waals surface area contributed by atoms with Gasteiger partial charge in [-0.2, -0.15) is 0 Å². The number of benzene rings is 1. The zero-order valence-corrected chi connectivity index (χ0v) is 10.7. The van der Waals surface area contributed by atoms with Crippen LogP contribution in [0.25, 0.3) is 5.69 Å². The van der Waals surface area contributed by atoms with Gasteiger partial charge in [0.2, 0.25) is 0 Å². The number of hydrogen-bond donors (Lipinski definition) is 2. The summed E-state index contributed by atoms with van der Waals surface area (Å²) in [5.41, 5.74) is 1.07. The van der Waals surface area contributed by atoms with Crippen molar-refractivity contribution in [3.05, 3.63) is 42.2 Å². The van der Waals surface area contributed by atoms with Gasteiger partial charge >= 0.3 is 0 Å². The third kappa shape index (κ3) is 3.17. The minimum absolute atomic E-state index is 0.0882. The third-order valence-electron chi connectivity index (χ3n) is 2.80. The van der Waals surface area contributed by atoms with E-state index in [1.807, 2.05) is 37.3 Å². The lowest BCUT2D eigenvalue weighted by Gasteiger charge is -2.12. The second kappa shape index (κ2) is 6.10. The first kappa shape index (κ1) is 13.2. The Balaban J connectivity index is 2.11. The minimum Gasteiger partial charge on any atom is -0.394 e. The van der Waals surface area contributed by atoms with Crippen LogP contribution in [0.15, 0.2) is 36.5 Å². The first-order chi connectivity index (χ1) is 9.24. The van der Waals surface area contributed by atoms with Crippen molar-refractivity contribution in [1.29, 1.82) is 0 Å². The lowest BCUT2D eigenvalue weighted by atomic mass is 10.2. The van der Waals surface area contributed by atoms with E-state index in [4.69, 9.17) is 5.11 Å². The van der Waals surface area contributed by atoms with Crippen molar-refractivity contribution in [3.63, 3.8) is 0 Å². The highest BCUT2D eigenvalue weighted by atomic mass is 16.3. The number of hydrogen-bond acceptors (Lipinski definition) is 4. The molecule has 0 aliphatic rings. The van der Waals surface area contributed by atoms with Crippen LogP contribution in [0.3, 0.4) is 0 Å². The summed E-state index contributed by atoms with van der Waals surface area (Å²) < 4.78 is 1.54. The van der Waals surface area contributed by atoms with Crippen molar-refractivity contribution in [2.75, 3.05) is 6.61 Å². The highest BCUT2D eigenvalue weighted by Gasteiger charge is 2.14. The molecule has 0 unspecified atom stereocenters. The average molecular weight is 260 g/mol. The predicted octanol–water partition coefficient (Wildman–Crippen LogP) is 0.768. The molecule has 2 N–H and O–H groups in total. The highest BCUT2D eigenvalue weighted by Crippen LogP contribution is 2.05. The first-order valence-electron chi connectivity index (χ1n) is 6.14. The van der Waals surface area contributed by atoms with Crippen LogP contribution in [0.2, 0.25) is 0 Å².